The second-order valence-electron chi connectivity index (χ2n) is 5.82. The zero-order valence-corrected chi connectivity index (χ0v) is 15.7. The summed E-state index contributed by atoms with van der Waals surface area (Å²) in [4.78, 5) is 19.1. The number of amides is 1. The molecule has 1 aliphatic heterocycles. The number of aliphatic imine (C=N–C) groups is 1. The van der Waals surface area contributed by atoms with Crippen molar-refractivity contribution in [3.63, 3.8) is 0 Å². The minimum absolute atomic E-state index is 0.0129. The first-order chi connectivity index (χ1) is 12.7. The summed E-state index contributed by atoms with van der Waals surface area (Å²) in [6.45, 7) is 4.51. The van der Waals surface area contributed by atoms with Crippen LogP contribution >= 0.6 is 11.8 Å². The van der Waals surface area contributed by atoms with Crippen LogP contribution in [0.1, 0.15) is 13.8 Å². The molecule has 2 aromatic rings. The largest absolute Gasteiger partial charge is 0.492 e. The minimum Gasteiger partial charge on any atom is -0.492 e. The van der Waals surface area contributed by atoms with E-state index in [1.54, 1.807) is 16.7 Å². The number of hydrogen-bond donors (Lipinski definition) is 0. The van der Waals surface area contributed by atoms with Gasteiger partial charge in [0.1, 0.15) is 17.2 Å². The Balaban J connectivity index is 1.76. The highest BCUT2D eigenvalue weighted by atomic mass is 32.2. The van der Waals surface area contributed by atoms with Crippen LogP contribution in [0.25, 0.3) is 0 Å². The summed E-state index contributed by atoms with van der Waals surface area (Å²) in [5.74, 6) is 2.11. The fourth-order valence-electron chi connectivity index (χ4n) is 2.63. The van der Waals surface area contributed by atoms with Gasteiger partial charge in [0, 0.05) is 11.8 Å². The van der Waals surface area contributed by atoms with Gasteiger partial charge in [-0.05, 0) is 38.1 Å². The smallest absolute Gasteiger partial charge is 0.266 e. The second-order valence-corrected chi connectivity index (χ2v) is 6.81. The molecule has 1 aliphatic rings. The lowest BCUT2D eigenvalue weighted by molar-refractivity contribution is -0.130. The average Bonchev–Trinajstić information content (AvgIpc) is 3.03. The van der Waals surface area contributed by atoms with Gasteiger partial charge in [-0.15, -0.1) is 0 Å². The van der Waals surface area contributed by atoms with Crippen molar-refractivity contribution in [2.75, 3.05) is 19.0 Å². The lowest BCUT2D eigenvalue weighted by Gasteiger charge is -2.21. The third-order valence-electron chi connectivity index (χ3n) is 3.86. The first kappa shape index (κ1) is 18.3. The number of hydrogen-bond acceptors (Lipinski definition) is 5. The van der Waals surface area contributed by atoms with Crippen LogP contribution < -0.4 is 9.47 Å². The van der Waals surface area contributed by atoms with Gasteiger partial charge >= 0.3 is 0 Å². The lowest BCUT2D eigenvalue weighted by Crippen LogP contribution is -2.40. The van der Waals surface area contributed by atoms with Crippen molar-refractivity contribution in [2.45, 2.75) is 19.9 Å². The van der Waals surface area contributed by atoms with Gasteiger partial charge in [0.05, 0.1) is 6.61 Å². The zero-order chi connectivity index (χ0) is 18.4. The number of nitrogens with zero attached hydrogens (tertiary/aromatic N) is 2. The van der Waals surface area contributed by atoms with Gasteiger partial charge in [-0.25, -0.2) is 4.99 Å². The molecule has 1 amide bonds. The topological polar surface area (TPSA) is 51.1 Å². The highest BCUT2D eigenvalue weighted by Gasteiger charge is 2.32. The molecule has 0 unspecified atom stereocenters. The van der Waals surface area contributed by atoms with E-state index in [0.29, 0.717) is 17.5 Å². The Kier molecular flexibility index (Phi) is 6.17. The quantitative estimate of drug-likeness (QED) is 0.768. The fraction of sp³-hybridized carbons (Fsp3) is 0.300. The maximum absolute atomic E-state index is 12.7. The molecule has 3 rings (SSSR count). The molecule has 136 valence electrons. The Morgan fingerprint density at radius 1 is 1.15 bits per heavy atom. The van der Waals surface area contributed by atoms with Crippen molar-refractivity contribution in [1.29, 1.82) is 0 Å². The molecule has 1 saturated heterocycles. The Labute approximate surface area is 158 Å². The maximum Gasteiger partial charge on any atom is 0.266 e. The molecule has 6 heteroatoms. The van der Waals surface area contributed by atoms with Gasteiger partial charge in [0.2, 0.25) is 0 Å². The van der Waals surface area contributed by atoms with Crippen molar-refractivity contribution in [3.05, 3.63) is 54.6 Å². The SMILES string of the molecule is CCOc1ccccc1N=C1SC[C@H](C)N1C(=O)COc1ccccc1. The standard InChI is InChI=1S/C20H22N2O3S/c1-3-24-18-12-8-7-11-17(18)21-20-22(15(2)14-26-20)19(23)13-25-16-9-5-4-6-10-16/h4-12,15H,3,13-14H2,1-2H3/t15-/m0/s1. The normalized spacial score (nSPS) is 18.2. The number of rotatable bonds is 6. The molecule has 0 N–H and O–H groups in total. The summed E-state index contributed by atoms with van der Waals surface area (Å²) in [6.07, 6.45) is 0. The average molecular weight is 370 g/mol. The molecular weight excluding hydrogens is 348 g/mol. The molecule has 0 spiro atoms. The van der Waals surface area contributed by atoms with E-state index in [2.05, 4.69) is 4.99 Å². The first-order valence-corrected chi connectivity index (χ1v) is 9.61. The highest BCUT2D eigenvalue weighted by Crippen LogP contribution is 2.32. The zero-order valence-electron chi connectivity index (χ0n) is 14.9. The summed E-state index contributed by atoms with van der Waals surface area (Å²) >= 11 is 1.57. The number of benzene rings is 2. The van der Waals surface area contributed by atoms with E-state index in [9.17, 15) is 4.79 Å². The van der Waals surface area contributed by atoms with E-state index in [1.165, 1.54) is 0 Å². The molecule has 1 fully saturated rings. The number of para-hydroxylation sites is 3. The predicted octanol–water partition coefficient (Wildman–Crippen LogP) is 4.12. The van der Waals surface area contributed by atoms with Crippen LogP contribution in [0.3, 0.4) is 0 Å². The lowest BCUT2D eigenvalue weighted by atomic mass is 10.3. The Bertz CT molecular complexity index is 780. The summed E-state index contributed by atoms with van der Waals surface area (Å²) in [5.41, 5.74) is 0.729. The number of carbonyl (C=O) groups is 1. The molecule has 0 radical (unpaired) electrons. The van der Waals surface area contributed by atoms with E-state index in [-0.39, 0.29) is 18.6 Å². The maximum atomic E-state index is 12.7. The fourth-order valence-corrected chi connectivity index (χ4v) is 3.75. The molecule has 0 aliphatic carbocycles. The van der Waals surface area contributed by atoms with E-state index >= 15 is 0 Å². The molecule has 5 nitrogen and oxygen atoms in total. The third kappa shape index (κ3) is 4.38. The summed E-state index contributed by atoms with van der Waals surface area (Å²) in [7, 11) is 0. The molecule has 1 heterocycles. The Morgan fingerprint density at radius 2 is 1.88 bits per heavy atom. The van der Waals surface area contributed by atoms with Crippen LogP contribution in [0, 0.1) is 0 Å². The van der Waals surface area contributed by atoms with Crippen LogP contribution in [-0.4, -0.2) is 41.0 Å². The molecule has 0 aromatic heterocycles. The molecular formula is C20H22N2O3S. The van der Waals surface area contributed by atoms with Gasteiger partial charge in [-0.1, -0.05) is 42.1 Å². The van der Waals surface area contributed by atoms with Gasteiger partial charge in [-0.2, -0.15) is 0 Å². The molecule has 1 atom stereocenters. The van der Waals surface area contributed by atoms with Crippen LogP contribution in [0.4, 0.5) is 5.69 Å². The highest BCUT2D eigenvalue weighted by molar-refractivity contribution is 8.14. The summed E-state index contributed by atoms with van der Waals surface area (Å²) in [6, 6.07) is 17.0. The molecule has 0 saturated carbocycles. The monoisotopic (exact) mass is 370 g/mol. The summed E-state index contributed by atoms with van der Waals surface area (Å²) < 4.78 is 11.2. The van der Waals surface area contributed by atoms with Crippen molar-refractivity contribution >= 4 is 28.5 Å². The van der Waals surface area contributed by atoms with E-state index in [1.807, 2.05) is 68.4 Å². The number of carbonyl (C=O) groups excluding carboxylic acids is 1. The van der Waals surface area contributed by atoms with Gasteiger partial charge in [0.25, 0.3) is 5.91 Å². The van der Waals surface area contributed by atoms with E-state index in [4.69, 9.17) is 9.47 Å². The van der Waals surface area contributed by atoms with Crippen LogP contribution in [-0.2, 0) is 4.79 Å². The van der Waals surface area contributed by atoms with Crippen molar-refractivity contribution in [3.8, 4) is 11.5 Å². The number of ether oxygens (including phenoxy) is 2. The van der Waals surface area contributed by atoms with Crippen LogP contribution in [0.2, 0.25) is 0 Å². The molecule has 26 heavy (non-hydrogen) atoms. The Hall–Kier alpha value is -2.47. The number of amidine groups is 1. The van der Waals surface area contributed by atoms with Crippen LogP contribution in [0.15, 0.2) is 59.6 Å². The van der Waals surface area contributed by atoms with Gasteiger partial charge in [0.15, 0.2) is 11.8 Å². The molecule has 0 bridgehead atoms. The first-order valence-electron chi connectivity index (χ1n) is 8.62. The van der Waals surface area contributed by atoms with Crippen LogP contribution in [0.5, 0.6) is 11.5 Å². The second kappa shape index (κ2) is 8.76. The number of thioether (sulfide) groups is 1. The Morgan fingerprint density at radius 3 is 2.65 bits per heavy atom. The van der Waals surface area contributed by atoms with Crippen molar-refractivity contribution < 1.29 is 14.3 Å². The van der Waals surface area contributed by atoms with Crippen molar-refractivity contribution in [2.24, 2.45) is 4.99 Å². The molecule has 2 aromatic carbocycles. The minimum atomic E-state index is -0.0982. The predicted molar refractivity (Wildman–Crippen MR) is 105 cm³/mol. The van der Waals surface area contributed by atoms with E-state index in [0.717, 1.165) is 17.2 Å². The van der Waals surface area contributed by atoms with E-state index < -0.39 is 0 Å². The third-order valence-corrected chi connectivity index (χ3v) is 5.05. The van der Waals surface area contributed by atoms with Gasteiger partial charge < -0.3 is 9.47 Å². The van der Waals surface area contributed by atoms with Gasteiger partial charge in [-0.3, -0.25) is 9.69 Å². The van der Waals surface area contributed by atoms with Crippen molar-refractivity contribution in [1.82, 2.24) is 4.90 Å². The summed E-state index contributed by atoms with van der Waals surface area (Å²) in [5, 5.41) is 0.686.